The van der Waals surface area contributed by atoms with Crippen LogP contribution in [0.25, 0.3) is 0 Å². The number of hydrogen-bond acceptors (Lipinski definition) is 1. The Balaban J connectivity index is 2.44. The molecule has 2 atom stereocenters. The number of rotatable bonds is 1. The standard InChI is InChI=1S/C12H11Cl2N/c13-10-7-4-8-12(14,11(10)15)9-5-2-1-3-6-9/h1-8,11H,15H2. The lowest BCUT2D eigenvalue weighted by Gasteiger charge is -2.32. The van der Waals surface area contributed by atoms with Gasteiger partial charge in [0.1, 0.15) is 4.87 Å². The fourth-order valence-electron chi connectivity index (χ4n) is 1.66. The van der Waals surface area contributed by atoms with E-state index in [4.69, 9.17) is 28.9 Å². The van der Waals surface area contributed by atoms with Gasteiger partial charge in [0, 0.05) is 5.03 Å². The van der Waals surface area contributed by atoms with Crippen LogP contribution in [-0.2, 0) is 4.87 Å². The molecule has 1 aliphatic carbocycles. The van der Waals surface area contributed by atoms with Gasteiger partial charge >= 0.3 is 0 Å². The average molecular weight is 240 g/mol. The summed E-state index contributed by atoms with van der Waals surface area (Å²) in [6.07, 6.45) is 5.49. The van der Waals surface area contributed by atoms with Gasteiger partial charge in [0.15, 0.2) is 0 Å². The molecule has 0 saturated carbocycles. The van der Waals surface area contributed by atoms with Crippen molar-refractivity contribution in [1.82, 2.24) is 0 Å². The van der Waals surface area contributed by atoms with E-state index in [9.17, 15) is 0 Å². The van der Waals surface area contributed by atoms with E-state index in [1.807, 2.05) is 42.5 Å². The molecule has 0 saturated heterocycles. The van der Waals surface area contributed by atoms with Gasteiger partial charge in [-0.25, -0.2) is 0 Å². The zero-order valence-electron chi connectivity index (χ0n) is 8.03. The topological polar surface area (TPSA) is 26.0 Å². The Morgan fingerprint density at radius 2 is 1.87 bits per heavy atom. The number of hydrogen-bond donors (Lipinski definition) is 1. The summed E-state index contributed by atoms with van der Waals surface area (Å²) in [7, 11) is 0. The Bertz CT molecular complexity index is 411. The molecule has 0 bridgehead atoms. The van der Waals surface area contributed by atoms with E-state index in [0.717, 1.165) is 5.56 Å². The van der Waals surface area contributed by atoms with E-state index < -0.39 is 10.9 Å². The summed E-state index contributed by atoms with van der Waals surface area (Å²) in [4.78, 5) is -0.729. The van der Waals surface area contributed by atoms with Crippen LogP contribution in [0.15, 0.2) is 53.6 Å². The van der Waals surface area contributed by atoms with Crippen molar-refractivity contribution < 1.29 is 0 Å². The van der Waals surface area contributed by atoms with Crippen molar-refractivity contribution in [2.24, 2.45) is 5.73 Å². The lowest BCUT2D eigenvalue weighted by Crippen LogP contribution is -2.41. The molecule has 3 heteroatoms. The molecule has 0 fully saturated rings. The second-order valence-electron chi connectivity index (χ2n) is 3.52. The summed E-state index contributed by atoms with van der Waals surface area (Å²) >= 11 is 12.5. The number of nitrogens with two attached hydrogens (primary N) is 1. The molecule has 15 heavy (non-hydrogen) atoms. The van der Waals surface area contributed by atoms with Gasteiger partial charge in [-0.2, -0.15) is 0 Å². The van der Waals surface area contributed by atoms with E-state index in [2.05, 4.69) is 0 Å². The highest BCUT2D eigenvalue weighted by Gasteiger charge is 2.37. The molecule has 1 aliphatic rings. The number of benzene rings is 1. The Labute approximate surface area is 99.2 Å². The van der Waals surface area contributed by atoms with Gasteiger partial charge in [0.05, 0.1) is 6.04 Å². The third-order valence-electron chi connectivity index (χ3n) is 2.56. The third kappa shape index (κ3) is 1.83. The van der Waals surface area contributed by atoms with Gasteiger partial charge in [-0.1, -0.05) is 54.1 Å². The maximum atomic E-state index is 6.51. The van der Waals surface area contributed by atoms with Crippen LogP contribution in [0.5, 0.6) is 0 Å². The number of halogens is 2. The highest BCUT2D eigenvalue weighted by atomic mass is 35.5. The Morgan fingerprint density at radius 1 is 1.20 bits per heavy atom. The van der Waals surface area contributed by atoms with Gasteiger partial charge in [0.25, 0.3) is 0 Å². The predicted octanol–water partition coefficient (Wildman–Crippen LogP) is 3.14. The molecule has 1 aromatic rings. The summed E-state index contributed by atoms with van der Waals surface area (Å²) in [6.45, 7) is 0. The molecule has 2 unspecified atom stereocenters. The summed E-state index contributed by atoms with van der Waals surface area (Å²) in [5.41, 5.74) is 6.97. The van der Waals surface area contributed by atoms with Crippen molar-refractivity contribution in [2.45, 2.75) is 10.9 Å². The van der Waals surface area contributed by atoms with Crippen molar-refractivity contribution >= 4 is 23.2 Å². The highest BCUT2D eigenvalue weighted by Crippen LogP contribution is 2.39. The zero-order valence-corrected chi connectivity index (χ0v) is 9.54. The van der Waals surface area contributed by atoms with Gasteiger partial charge in [-0.15, -0.1) is 11.6 Å². The fourth-order valence-corrected chi connectivity index (χ4v) is 2.27. The molecule has 0 aliphatic heterocycles. The van der Waals surface area contributed by atoms with Crippen molar-refractivity contribution in [3.63, 3.8) is 0 Å². The van der Waals surface area contributed by atoms with Crippen LogP contribution in [0.4, 0.5) is 0 Å². The fraction of sp³-hybridized carbons (Fsp3) is 0.167. The van der Waals surface area contributed by atoms with Crippen LogP contribution in [0, 0.1) is 0 Å². The summed E-state index contributed by atoms with van der Waals surface area (Å²) < 4.78 is 0. The first-order chi connectivity index (χ1) is 7.14. The van der Waals surface area contributed by atoms with Crippen LogP contribution in [0.1, 0.15) is 5.56 Å². The Hall–Kier alpha value is -0.760. The average Bonchev–Trinajstić information content (AvgIpc) is 2.27. The summed E-state index contributed by atoms with van der Waals surface area (Å²) in [5, 5.41) is 0.580. The minimum atomic E-state index is -0.729. The maximum absolute atomic E-state index is 6.51. The maximum Gasteiger partial charge on any atom is 0.108 e. The van der Waals surface area contributed by atoms with Gasteiger partial charge in [-0.05, 0) is 11.6 Å². The minimum Gasteiger partial charge on any atom is -0.321 e. The second-order valence-corrected chi connectivity index (χ2v) is 4.58. The molecule has 1 aromatic carbocycles. The van der Waals surface area contributed by atoms with Crippen LogP contribution in [-0.4, -0.2) is 6.04 Å². The smallest absolute Gasteiger partial charge is 0.108 e. The van der Waals surface area contributed by atoms with Gasteiger partial charge < -0.3 is 5.73 Å². The third-order valence-corrected chi connectivity index (χ3v) is 3.50. The van der Waals surface area contributed by atoms with Crippen molar-refractivity contribution in [2.75, 3.05) is 0 Å². The Kier molecular flexibility index (Phi) is 2.87. The first-order valence-corrected chi connectivity index (χ1v) is 5.45. The van der Waals surface area contributed by atoms with Crippen molar-refractivity contribution in [3.05, 3.63) is 59.2 Å². The van der Waals surface area contributed by atoms with Crippen LogP contribution >= 0.6 is 23.2 Å². The predicted molar refractivity (Wildman–Crippen MR) is 65.0 cm³/mol. The van der Waals surface area contributed by atoms with E-state index in [-0.39, 0.29) is 0 Å². The first-order valence-electron chi connectivity index (χ1n) is 4.69. The normalized spacial score (nSPS) is 30.1. The molecule has 1 nitrogen and oxygen atoms in total. The molecular formula is C12H11Cl2N. The molecule has 0 heterocycles. The van der Waals surface area contributed by atoms with E-state index in [1.165, 1.54) is 0 Å². The SMILES string of the molecule is NC1C(Cl)=CC=CC1(Cl)c1ccccc1. The highest BCUT2D eigenvalue weighted by molar-refractivity contribution is 6.33. The molecule has 0 spiro atoms. The monoisotopic (exact) mass is 239 g/mol. The largest absolute Gasteiger partial charge is 0.321 e. The second kappa shape index (κ2) is 4.01. The van der Waals surface area contributed by atoms with Crippen LogP contribution in [0.3, 0.4) is 0 Å². The molecule has 2 rings (SSSR count). The quantitative estimate of drug-likeness (QED) is 0.750. The molecular weight excluding hydrogens is 229 g/mol. The lowest BCUT2D eigenvalue weighted by atomic mass is 9.87. The first kappa shape index (κ1) is 10.7. The zero-order chi connectivity index (χ0) is 10.9. The van der Waals surface area contributed by atoms with Crippen LogP contribution < -0.4 is 5.73 Å². The van der Waals surface area contributed by atoms with E-state index >= 15 is 0 Å². The van der Waals surface area contributed by atoms with Gasteiger partial charge in [-0.3, -0.25) is 0 Å². The van der Waals surface area contributed by atoms with E-state index in [0.29, 0.717) is 5.03 Å². The van der Waals surface area contributed by atoms with E-state index in [1.54, 1.807) is 6.08 Å². The molecule has 0 radical (unpaired) electrons. The number of allylic oxidation sites excluding steroid dienone is 2. The summed E-state index contributed by atoms with van der Waals surface area (Å²) in [6, 6.07) is 9.32. The number of alkyl halides is 1. The molecule has 78 valence electrons. The summed E-state index contributed by atoms with van der Waals surface area (Å²) in [5.74, 6) is 0. The molecule has 0 amide bonds. The van der Waals surface area contributed by atoms with Crippen molar-refractivity contribution in [1.29, 1.82) is 0 Å². The molecule has 0 aromatic heterocycles. The van der Waals surface area contributed by atoms with Crippen LogP contribution in [0.2, 0.25) is 0 Å². The Morgan fingerprint density at radius 3 is 2.53 bits per heavy atom. The minimum absolute atomic E-state index is 0.395. The van der Waals surface area contributed by atoms with Crippen molar-refractivity contribution in [3.8, 4) is 0 Å². The van der Waals surface area contributed by atoms with Gasteiger partial charge in [0.2, 0.25) is 0 Å². The lowest BCUT2D eigenvalue weighted by molar-refractivity contribution is 0.636. The molecule has 2 N–H and O–H groups in total.